The van der Waals surface area contributed by atoms with Gasteiger partial charge in [0.25, 0.3) is 5.91 Å². The molecule has 3 rings (SSSR count). The molecule has 188 valence electrons. The molecule has 10 heteroatoms. The van der Waals surface area contributed by atoms with E-state index in [2.05, 4.69) is 5.32 Å². The lowest BCUT2D eigenvalue weighted by atomic mass is 9.89. The Balaban J connectivity index is 1.77. The number of rotatable bonds is 8. The van der Waals surface area contributed by atoms with Crippen LogP contribution in [0.5, 0.6) is 5.75 Å². The molecule has 1 aliphatic rings. The molecule has 0 atom stereocenters. The van der Waals surface area contributed by atoms with Crippen LogP contribution in [-0.2, 0) is 4.79 Å². The smallest absolute Gasteiger partial charge is 0.336 e. The number of amides is 2. The monoisotopic (exact) mass is 494 g/mol. The number of primary amides is 1. The van der Waals surface area contributed by atoms with Gasteiger partial charge in [0.05, 0.1) is 22.3 Å². The van der Waals surface area contributed by atoms with Crippen molar-refractivity contribution in [1.29, 1.82) is 0 Å². The van der Waals surface area contributed by atoms with Gasteiger partial charge in [-0.2, -0.15) is 0 Å². The second kappa shape index (κ2) is 11.3. The van der Waals surface area contributed by atoms with Gasteiger partial charge in [-0.05, 0) is 61.6 Å². The number of ether oxygens (including phenoxy) is 1. The highest BCUT2D eigenvalue weighted by Crippen LogP contribution is 2.26. The van der Waals surface area contributed by atoms with Gasteiger partial charge in [0.15, 0.2) is 0 Å². The van der Waals surface area contributed by atoms with Crippen LogP contribution in [0.3, 0.4) is 0 Å². The van der Waals surface area contributed by atoms with Crippen molar-refractivity contribution in [2.45, 2.75) is 39.0 Å². The lowest BCUT2D eigenvalue weighted by Gasteiger charge is -2.17. The first-order chi connectivity index (χ1) is 17.1. The zero-order chi connectivity index (χ0) is 26.4. The number of benzene rings is 2. The number of carbonyl (C=O) groups is 5. The molecule has 0 unspecified atom stereocenters. The number of hydrogen-bond acceptors (Lipinski definition) is 6. The van der Waals surface area contributed by atoms with Crippen LogP contribution in [0.2, 0.25) is 0 Å². The molecular formula is C26H26N2O8. The summed E-state index contributed by atoms with van der Waals surface area (Å²) in [5, 5.41) is 21.3. The maximum absolute atomic E-state index is 12.8. The Hall–Kier alpha value is -4.47. The number of esters is 1. The van der Waals surface area contributed by atoms with Crippen molar-refractivity contribution in [3.63, 3.8) is 0 Å². The van der Waals surface area contributed by atoms with E-state index in [1.165, 1.54) is 30.7 Å². The molecule has 2 aromatic rings. The summed E-state index contributed by atoms with van der Waals surface area (Å²) in [6.07, 6.45) is 8.93. The van der Waals surface area contributed by atoms with E-state index in [1.807, 2.05) is 6.08 Å². The standard InChI is InChI=1S/C26H26N2O8/c1-14-11-16(8-9-21(14)36-22(29)10-7-15-5-3-2-4-6-15)28-24(31)18-13-19(25(32)33)17(23(27)30)12-20(18)26(34)35/h7-13,15H,2-6H2,1H3,(H2,27,30)(H,28,31)(H,32,33)(H,34,35)/b10-7+. The molecule has 2 amide bonds. The Labute approximate surface area is 206 Å². The maximum Gasteiger partial charge on any atom is 0.336 e. The van der Waals surface area contributed by atoms with Crippen LogP contribution in [0.15, 0.2) is 42.5 Å². The van der Waals surface area contributed by atoms with Crippen molar-refractivity contribution in [1.82, 2.24) is 0 Å². The third-order valence-electron chi connectivity index (χ3n) is 5.93. The fourth-order valence-corrected chi connectivity index (χ4v) is 4.07. The largest absolute Gasteiger partial charge is 0.478 e. The molecule has 0 saturated heterocycles. The Morgan fingerprint density at radius 3 is 2.11 bits per heavy atom. The fourth-order valence-electron chi connectivity index (χ4n) is 4.07. The van der Waals surface area contributed by atoms with Crippen LogP contribution in [0, 0.1) is 12.8 Å². The van der Waals surface area contributed by atoms with E-state index in [4.69, 9.17) is 10.5 Å². The van der Waals surface area contributed by atoms with E-state index >= 15 is 0 Å². The van der Waals surface area contributed by atoms with E-state index < -0.39 is 52.0 Å². The van der Waals surface area contributed by atoms with Crippen LogP contribution < -0.4 is 15.8 Å². The van der Waals surface area contributed by atoms with Crippen molar-refractivity contribution in [3.8, 4) is 5.75 Å². The number of aryl methyl sites for hydroxylation is 1. The van der Waals surface area contributed by atoms with Gasteiger partial charge in [-0.1, -0.05) is 25.3 Å². The predicted molar refractivity (Wildman–Crippen MR) is 129 cm³/mol. The van der Waals surface area contributed by atoms with Crippen LogP contribution in [0.1, 0.15) is 79.1 Å². The van der Waals surface area contributed by atoms with Crippen LogP contribution >= 0.6 is 0 Å². The van der Waals surface area contributed by atoms with Gasteiger partial charge < -0.3 is 26.0 Å². The number of allylic oxidation sites excluding steroid dienone is 1. The fraction of sp³-hybridized carbons (Fsp3) is 0.269. The zero-order valence-electron chi connectivity index (χ0n) is 19.6. The zero-order valence-corrected chi connectivity index (χ0v) is 19.6. The molecule has 2 aromatic carbocycles. The molecule has 5 N–H and O–H groups in total. The number of anilines is 1. The summed E-state index contributed by atoms with van der Waals surface area (Å²) in [4.78, 5) is 59.8. The highest BCUT2D eigenvalue weighted by atomic mass is 16.5. The van der Waals surface area contributed by atoms with E-state index in [0.29, 0.717) is 11.5 Å². The number of nitrogens with one attached hydrogen (secondary N) is 1. The first-order valence-electron chi connectivity index (χ1n) is 11.3. The minimum atomic E-state index is -1.55. The molecule has 0 aromatic heterocycles. The topological polar surface area (TPSA) is 173 Å². The lowest BCUT2D eigenvalue weighted by molar-refractivity contribution is -0.129. The minimum absolute atomic E-state index is 0.252. The Bertz CT molecular complexity index is 1260. The molecular weight excluding hydrogens is 468 g/mol. The number of aromatic carboxylic acids is 2. The van der Waals surface area contributed by atoms with Gasteiger partial charge in [-0.3, -0.25) is 9.59 Å². The molecule has 1 fully saturated rings. The van der Waals surface area contributed by atoms with E-state index in [0.717, 1.165) is 37.8 Å². The van der Waals surface area contributed by atoms with Crippen molar-refractivity contribution < 1.29 is 38.9 Å². The van der Waals surface area contributed by atoms with Gasteiger partial charge in [-0.15, -0.1) is 0 Å². The van der Waals surface area contributed by atoms with Gasteiger partial charge in [-0.25, -0.2) is 14.4 Å². The summed E-state index contributed by atoms with van der Waals surface area (Å²) in [7, 11) is 0. The van der Waals surface area contributed by atoms with Gasteiger partial charge in [0, 0.05) is 11.8 Å². The van der Waals surface area contributed by atoms with Gasteiger partial charge in [0.2, 0.25) is 5.91 Å². The second-order valence-corrected chi connectivity index (χ2v) is 8.53. The third kappa shape index (κ3) is 6.35. The van der Waals surface area contributed by atoms with E-state index in [9.17, 15) is 34.2 Å². The summed E-state index contributed by atoms with van der Waals surface area (Å²) in [6, 6.07) is 6.01. The highest BCUT2D eigenvalue weighted by molar-refractivity contribution is 6.14. The average molecular weight is 495 g/mol. The predicted octanol–water partition coefficient (Wildman–Crippen LogP) is 3.78. The van der Waals surface area contributed by atoms with Gasteiger partial charge in [0.1, 0.15) is 5.75 Å². The normalized spacial score (nSPS) is 13.8. The molecule has 0 bridgehead atoms. The van der Waals surface area contributed by atoms with Crippen LogP contribution in [0.4, 0.5) is 5.69 Å². The first kappa shape index (κ1) is 26.1. The molecule has 1 saturated carbocycles. The number of hydrogen-bond donors (Lipinski definition) is 4. The summed E-state index contributed by atoms with van der Waals surface area (Å²) in [5.74, 6) is -4.99. The summed E-state index contributed by atoms with van der Waals surface area (Å²) >= 11 is 0. The van der Waals surface area contributed by atoms with Crippen molar-refractivity contribution in [3.05, 3.63) is 70.3 Å². The second-order valence-electron chi connectivity index (χ2n) is 8.53. The summed E-state index contributed by atoms with van der Waals surface area (Å²) in [5.41, 5.74) is 3.76. The lowest BCUT2D eigenvalue weighted by Crippen LogP contribution is -2.22. The molecule has 10 nitrogen and oxygen atoms in total. The number of carboxylic acids is 2. The Kier molecular flexibility index (Phi) is 8.21. The van der Waals surface area contributed by atoms with Gasteiger partial charge >= 0.3 is 17.9 Å². The summed E-state index contributed by atoms with van der Waals surface area (Å²) in [6.45, 7) is 1.66. The molecule has 1 aliphatic carbocycles. The molecule has 0 spiro atoms. The van der Waals surface area contributed by atoms with E-state index in [1.54, 1.807) is 6.92 Å². The molecule has 0 heterocycles. The van der Waals surface area contributed by atoms with Crippen molar-refractivity contribution >= 4 is 35.4 Å². The number of nitrogens with two attached hydrogens (primary N) is 1. The quantitative estimate of drug-likeness (QED) is 0.244. The SMILES string of the molecule is Cc1cc(NC(=O)c2cc(C(=O)O)c(C(N)=O)cc2C(=O)O)ccc1OC(=O)/C=C/C1CCCCC1. The molecule has 0 radical (unpaired) electrons. The average Bonchev–Trinajstić information content (AvgIpc) is 2.84. The molecule has 36 heavy (non-hydrogen) atoms. The number of carbonyl (C=O) groups excluding carboxylic acids is 3. The van der Waals surface area contributed by atoms with E-state index in [-0.39, 0.29) is 11.4 Å². The van der Waals surface area contributed by atoms with Crippen molar-refractivity contribution in [2.75, 3.05) is 5.32 Å². The van der Waals surface area contributed by atoms with Crippen LogP contribution in [0.25, 0.3) is 0 Å². The Morgan fingerprint density at radius 1 is 0.917 bits per heavy atom. The Morgan fingerprint density at radius 2 is 1.53 bits per heavy atom. The third-order valence-corrected chi connectivity index (χ3v) is 5.93. The first-order valence-corrected chi connectivity index (χ1v) is 11.3. The minimum Gasteiger partial charge on any atom is -0.478 e. The van der Waals surface area contributed by atoms with Crippen LogP contribution in [-0.4, -0.2) is 39.9 Å². The summed E-state index contributed by atoms with van der Waals surface area (Å²) < 4.78 is 5.38. The van der Waals surface area contributed by atoms with Crippen molar-refractivity contribution in [2.24, 2.45) is 11.7 Å². The highest BCUT2D eigenvalue weighted by Gasteiger charge is 2.25. The number of carboxylic acid groups (broad SMARTS) is 2. The maximum atomic E-state index is 12.8. The molecule has 0 aliphatic heterocycles.